The lowest BCUT2D eigenvalue weighted by molar-refractivity contribution is -0.141. The predicted molar refractivity (Wildman–Crippen MR) is 105 cm³/mol. The second-order valence-electron chi connectivity index (χ2n) is 5.86. The molecule has 0 N–H and O–H groups in total. The van der Waals surface area contributed by atoms with Crippen molar-refractivity contribution in [2.75, 3.05) is 12.9 Å². The van der Waals surface area contributed by atoms with Gasteiger partial charge in [0.15, 0.2) is 11.0 Å². The molecule has 0 aliphatic carbocycles. The van der Waals surface area contributed by atoms with Gasteiger partial charge >= 0.3 is 5.97 Å². The van der Waals surface area contributed by atoms with E-state index >= 15 is 0 Å². The predicted octanol–water partition coefficient (Wildman–Crippen LogP) is 3.24. The zero-order chi connectivity index (χ0) is 19.8. The summed E-state index contributed by atoms with van der Waals surface area (Å²) in [5, 5.41) is 8.87. The maximum atomic E-state index is 11.9. The molecule has 0 amide bonds. The minimum absolute atomic E-state index is 0.162. The molecule has 3 rings (SSSR count). The van der Waals surface area contributed by atoms with E-state index in [4.69, 9.17) is 14.2 Å². The molecule has 0 saturated carbocycles. The lowest BCUT2D eigenvalue weighted by Gasteiger charge is -2.08. The van der Waals surface area contributed by atoms with Gasteiger partial charge in [0.05, 0.1) is 12.9 Å². The van der Waals surface area contributed by atoms with Crippen molar-refractivity contribution in [1.29, 1.82) is 0 Å². The molecule has 0 atom stereocenters. The Morgan fingerprint density at radius 2 is 1.82 bits per heavy atom. The quantitative estimate of drug-likeness (QED) is 0.404. The summed E-state index contributed by atoms with van der Waals surface area (Å²) in [5.74, 6) is 1.92. The molecule has 0 saturated heterocycles. The van der Waals surface area contributed by atoms with Gasteiger partial charge < -0.3 is 18.8 Å². The van der Waals surface area contributed by atoms with Gasteiger partial charge in [-0.05, 0) is 17.7 Å². The number of carbonyl (C=O) groups excluding carboxylic acids is 1. The van der Waals surface area contributed by atoms with Crippen LogP contribution in [0.4, 0.5) is 0 Å². The Bertz CT molecular complexity index is 915. The van der Waals surface area contributed by atoms with E-state index in [1.807, 2.05) is 55.6 Å². The Morgan fingerprint density at radius 1 is 1.04 bits per heavy atom. The molecule has 0 fully saturated rings. The standard InChI is InChI=1S/C20H21N3O4S/c1-23-18(13-26-17-10-6-9-16(11-17)25-2)21-22-20(23)28-14-19(24)27-12-15-7-4-3-5-8-15/h3-11H,12-14H2,1-2H3. The molecule has 1 aromatic heterocycles. The van der Waals surface area contributed by atoms with Gasteiger partial charge in [-0.1, -0.05) is 48.2 Å². The highest BCUT2D eigenvalue weighted by molar-refractivity contribution is 7.99. The fraction of sp³-hybridized carbons (Fsp3) is 0.250. The molecule has 0 radical (unpaired) electrons. The number of thioether (sulfide) groups is 1. The zero-order valence-electron chi connectivity index (χ0n) is 15.7. The summed E-state index contributed by atoms with van der Waals surface area (Å²) in [6, 6.07) is 16.9. The van der Waals surface area contributed by atoms with Gasteiger partial charge in [0.25, 0.3) is 0 Å². The first-order chi connectivity index (χ1) is 13.7. The van der Waals surface area contributed by atoms with Crippen molar-refractivity contribution in [3.05, 3.63) is 66.0 Å². The highest BCUT2D eigenvalue weighted by atomic mass is 32.2. The second-order valence-corrected chi connectivity index (χ2v) is 6.80. The molecular formula is C20H21N3O4S. The molecule has 0 unspecified atom stereocenters. The van der Waals surface area contributed by atoms with Crippen molar-refractivity contribution in [2.24, 2.45) is 7.05 Å². The third-order valence-corrected chi connectivity index (χ3v) is 4.89. The lowest BCUT2D eigenvalue weighted by Crippen LogP contribution is -2.08. The van der Waals surface area contributed by atoms with Crippen LogP contribution in [0.25, 0.3) is 0 Å². The topological polar surface area (TPSA) is 75.5 Å². The van der Waals surface area contributed by atoms with Crippen molar-refractivity contribution in [2.45, 2.75) is 18.4 Å². The molecule has 0 aliphatic rings. The van der Waals surface area contributed by atoms with Gasteiger partial charge in [-0.15, -0.1) is 10.2 Å². The van der Waals surface area contributed by atoms with E-state index in [9.17, 15) is 4.79 Å². The SMILES string of the molecule is COc1cccc(OCc2nnc(SCC(=O)OCc3ccccc3)n2C)c1. The van der Waals surface area contributed by atoms with Crippen LogP contribution in [-0.2, 0) is 29.8 Å². The molecule has 7 nitrogen and oxygen atoms in total. The third kappa shape index (κ3) is 5.50. The summed E-state index contributed by atoms with van der Waals surface area (Å²) in [6.07, 6.45) is 0. The minimum Gasteiger partial charge on any atom is -0.497 e. The van der Waals surface area contributed by atoms with Crippen molar-refractivity contribution >= 4 is 17.7 Å². The zero-order valence-corrected chi connectivity index (χ0v) is 16.5. The highest BCUT2D eigenvalue weighted by Gasteiger charge is 2.13. The molecule has 0 spiro atoms. The largest absolute Gasteiger partial charge is 0.497 e. The maximum absolute atomic E-state index is 11.9. The fourth-order valence-electron chi connectivity index (χ4n) is 2.34. The molecule has 0 aliphatic heterocycles. The number of esters is 1. The smallest absolute Gasteiger partial charge is 0.316 e. The van der Waals surface area contributed by atoms with Gasteiger partial charge in [0.1, 0.15) is 24.7 Å². The number of hydrogen-bond donors (Lipinski definition) is 0. The van der Waals surface area contributed by atoms with Gasteiger partial charge in [-0.2, -0.15) is 0 Å². The van der Waals surface area contributed by atoms with E-state index in [1.54, 1.807) is 17.7 Å². The molecule has 8 heteroatoms. The molecule has 146 valence electrons. The van der Waals surface area contributed by atoms with Gasteiger partial charge in [-0.3, -0.25) is 4.79 Å². The number of nitrogens with zero attached hydrogens (tertiary/aromatic N) is 3. The van der Waals surface area contributed by atoms with Crippen LogP contribution in [0.3, 0.4) is 0 Å². The molecule has 0 bridgehead atoms. The van der Waals surface area contributed by atoms with E-state index in [-0.39, 0.29) is 24.9 Å². The second kappa shape index (κ2) is 9.80. The Balaban J connectivity index is 1.48. The Hall–Kier alpha value is -3.00. The number of carbonyl (C=O) groups is 1. The third-order valence-electron chi connectivity index (χ3n) is 3.90. The summed E-state index contributed by atoms with van der Waals surface area (Å²) >= 11 is 1.28. The maximum Gasteiger partial charge on any atom is 0.316 e. The summed E-state index contributed by atoms with van der Waals surface area (Å²) < 4.78 is 18.0. The molecular weight excluding hydrogens is 378 g/mol. The van der Waals surface area contributed by atoms with Crippen molar-refractivity contribution < 1.29 is 19.0 Å². The summed E-state index contributed by atoms with van der Waals surface area (Å²) in [7, 11) is 3.44. The summed E-state index contributed by atoms with van der Waals surface area (Å²) in [4.78, 5) is 11.9. The van der Waals surface area contributed by atoms with Crippen LogP contribution in [0.15, 0.2) is 59.8 Å². The van der Waals surface area contributed by atoms with Gasteiger partial charge in [0, 0.05) is 13.1 Å². The minimum atomic E-state index is -0.300. The molecule has 3 aromatic rings. The number of hydrogen-bond acceptors (Lipinski definition) is 7. The molecule has 28 heavy (non-hydrogen) atoms. The monoisotopic (exact) mass is 399 g/mol. The number of benzene rings is 2. The summed E-state index contributed by atoms with van der Waals surface area (Å²) in [5.41, 5.74) is 0.955. The highest BCUT2D eigenvalue weighted by Crippen LogP contribution is 2.21. The fourth-order valence-corrected chi connectivity index (χ4v) is 3.07. The van der Waals surface area contributed by atoms with E-state index in [2.05, 4.69) is 10.2 Å². The average molecular weight is 399 g/mol. The van der Waals surface area contributed by atoms with Crippen molar-refractivity contribution in [1.82, 2.24) is 14.8 Å². The first-order valence-electron chi connectivity index (χ1n) is 8.63. The molecule has 2 aromatic carbocycles. The van der Waals surface area contributed by atoms with Crippen molar-refractivity contribution in [3.63, 3.8) is 0 Å². The number of methoxy groups -OCH3 is 1. The Kier molecular flexibility index (Phi) is 6.91. The van der Waals surface area contributed by atoms with E-state index in [0.717, 1.165) is 11.3 Å². The van der Waals surface area contributed by atoms with Gasteiger partial charge in [0.2, 0.25) is 0 Å². The van der Waals surface area contributed by atoms with E-state index < -0.39 is 0 Å². The van der Waals surface area contributed by atoms with E-state index in [1.165, 1.54) is 11.8 Å². The summed E-state index contributed by atoms with van der Waals surface area (Å²) in [6.45, 7) is 0.522. The van der Waals surface area contributed by atoms with Crippen LogP contribution in [0.1, 0.15) is 11.4 Å². The average Bonchev–Trinajstić information content (AvgIpc) is 3.09. The Labute approximate surface area is 167 Å². The van der Waals surface area contributed by atoms with Crippen molar-refractivity contribution in [3.8, 4) is 11.5 Å². The lowest BCUT2D eigenvalue weighted by atomic mass is 10.2. The van der Waals surface area contributed by atoms with Gasteiger partial charge in [-0.25, -0.2) is 0 Å². The van der Waals surface area contributed by atoms with Crippen LogP contribution in [0.5, 0.6) is 11.5 Å². The molecule has 1 heterocycles. The number of ether oxygens (including phenoxy) is 3. The first kappa shape index (κ1) is 19.8. The van der Waals surface area contributed by atoms with Crippen LogP contribution in [-0.4, -0.2) is 33.6 Å². The number of rotatable bonds is 9. The normalized spacial score (nSPS) is 10.5. The number of aromatic nitrogens is 3. The first-order valence-corrected chi connectivity index (χ1v) is 9.61. The Morgan fingerprint density at radius 3 is 2.61 bits per heavy atom. The van der Waals surface area contributed by atoms with Crippen LogP contribution < -0.4 is 9.47 Å². The van der Waals surface area contributed by atoms with Crippen LogP contribution >= 0.6 is 11.8 Å². The van der Waals surface area contributed by atoms with Crippen LogP contribution in [0.2, 0.25) is 0 Å². The van der Waals surface area contributed by atoms with E-state index in [0.29, 0.717) is 16.7 Å². The van der Waals surface area contributed by atoms with Crippen LogP contribution in [0, 0.1) is 0 Å².